The number of thiocarbonyl (C=S) groups is 1. The molecule has 1 aromatic carbocycles. The minimum atomic E-state index is -0.870. The van der Waals surface area contributed by atoms with Crippen LogP contribution in [0.5, 0.6) is 0 Å². The van der Waals surface area contributed by atoms with E-state index in [9.17, 15) is 14.4 Å². The van der Waals surface area contributed by atoms with Gasteiger partial charge >= 0.3 is 0 Å². The molecule has 108 valence electrons. The van der Waals surface area contributed by atoms with E-state index in [0.29, 0.717) is 0 Å². The van der Waals surface area contributed by atoms with Crippen LogP contribution in [0.25, 0.3) is 6.08 Å². The molecule has 0 aliphatic carbocycles. The lowest BCUT2D eigenvalue weighted by atomic mass is 9.98. The van der Waals surface area contributed by atoms with Gasteiger partial charge in [0.25, 0.3) is 0 Å². The summed E-state index contributed by atoms with van der Waals surface area (Å²) in [6.45, 7) is 0. The van der Waals surface area contributed by atoms with Crippen molar-refractivity contribution in [3.8, 4) is 0 Å². The Morgan fingerprint density at radius 1 is 1.14 bits per heavy atom. The summed E-state index contributed by atoms with van der Waals surface area (Å²) in [5.74, 6) is -1.91. The summed E-state index contributed by atoms with van der Waals surface area (Å²) >= 11 is 4.70. The molecule has 0 spiro atoms. The van der Waals surface area contributed by atoms with E-state index in [2.05, 4.69) is 10.6 Å². The van der Waals surface area contributed by atoms with Gasteiger partial charge in [0.1, 0.15) is 5.92 Å². The number of allylic oxidation sites excluding steroid dienone is 1. The molecule has 0 radical (unpaired) electrons. The van der Waals surface area contributed by atoms with Gasteiger partial charge in [-0.2, -0.15) is 0 Å². The van der Waals surface area contributed by atoms with Gasteiger partial charge in [0.2, 0.25) is 11.8 Å². The zero-order chi connectivity index (χ0) is 15.2. The first-order valence-corrected chi connectivity index (χ1v) is 6.89. The Labute approximate surface area is 127 Å². The van der Waals surface area contributed by atoms with Crippen LogP contribution in [0.2, 0.25) is 0 Å². The Balaban J connectivity index is 1.86. The molecule has 1 heterocycles. The van der Waals surface area contributed by atoms with Gasteiger partial charge in [0.15, 0.2) is 10.9 Å². The molecule has 1 aliphatic rings. The van der Waals surface area contributed by atoms with Crippen molar-refractivity contribution in [2.75, 3.05) is 0 Å². The monoisotopic (exact) mass is 302 g/mol. The third-order valence-corrected chi connectivity index (χ3v) is 3.25. The van der Waals surface area contributed by atoms with Gasteiger partial charge in [-0.15, -0.1) is 0 Å². The predicted octanol–water partition coefficient (Wildman–Crippen LogP) is 1.20. The van der Waals surface area contributed by atoms with E-state index in [0.717, 1.165) is 5.56 Å². The molecule has 1 fully saturated rings. The van der Waals surface area contributed by atoms with E-state index in [-0.39, 0.29) is 23.7 Å². The van der Waals surface area contributed by atoms with Crippen LogP contribution < -0.4 is 10.6 Å². The maximum Gasteiger partial charge on any atom is 0.238 e. The highest BCUT2D eigenvalue weighted by molar-refractivity contribution is 7.80. The maximum atomic E-state index is 11.8. The third-order valence-electron chi connectivity index (χ3n) is 3.05. The molecule has 0 aromatic heterocycles. The summed E-state index contributed by atoms with van der Waals surface area (Å²) in [6, 6.07) is 9.41. The second-order valence-electron chi connectivity index (χ2n) is 4.61. The highest BCUT2D eigenvalue weighted by Crippen LogP contribution is 2.11. The van der Waals surface area contributed by atoms with Gasteiger partial charge in [0, 0.05) is 6.42 Å². The minimum absolute atomic E-state index is 0.0107. The molecule has 5 nitrogen and oxygen atoms in total. The fourth-order valence-electron chi connectivity index (χ4n) is 1.93. The Bertz CT molecular complexity index is 591. The van der Waals surface area contributed by atoms with Crippen molar-refractivity contribution in [1.29, 1.82) is 0 Å². The molecule has 21 heavy (non-hydrogen) atoms. The standard InChI is InChI=1S/C15H14N2O3S/c18-11(7-6-10-4-2-1-3-5-10)8-9-12-13(19)16-15(21)17-14(12)20/h1-7,12H,8-9H2,(H2,16,17,19,20,21)/b7-6+. The van der Waals surface area contributed by atoms with Gasteiger partial charge in [0.05, 0.1) is 0 Å². The number of amides is 2. The average molecular weight is 302 g/mol. The second-order valence-corrected chi connectivity index (χ2v) is 5.02. The van der Waals surface area contributed by atoms with Gasteiger partial charge in [-0.3, -0.25) is 14.4 Å². The Kier molecular flexibility index (Phi) is 4.94. The zero-order valence-corrected chi connectivity index (χ0v) is 12.0. The van der Waals surface area contributed by atoms with Crippen molar-refractivity contribution in [2.45, 2.75) is 12.8 Å². The van der Waals surface area contributed by atoms with Gasteiger partial charge < -0.3 is 10.6 Å². The normalized spacial score (nSPS) is 15.9. The van der Waals surface area contributed by atoms with E-state index in [1.165, 1.54) is 6.08 Å². The first-order chi connectivity index (χ1) is 10.1. The van der Waals surface area contributed by atoms with E-state index in [1.54, 1.807) is 6.08 Å². The topological polar surface area (TPSA) is 75.3 Å². The first kappa shape index (κ1) is 15.1. The molecule has 0 saturated carbocycles. The van der Waals surface area contributed by atoms with Crippen LogP contribution in [0.3, 0.4) is 0 Å². The summed E-state index contributed by atoms with van der Waals surface area (Å²) in [7, 11) is 0. The van der Waals surface area contributed by atoms with E-state index >= 15 is 0 Å². The largest absolute Gasteiger partial charge is 0.302 e. The first-order valence-electron chi connectivity index (χ1n) is 6.48. The summed E-state index contributed by atoms with van der Waals surface area (Å²) in [5.41, 5.74) is 0.921. The zero-order valence-electron chi connectivity index (χ0n) is 11.2. The van der Waals surface area contributed by atoms with Gasteiger partial charge in [-0.25, -0.2) is 0 Å². The summed E-state index contributed by atoms with van der Waals surface area (Å²) in [5, 5.41) is 4.76. The van der Waals surface area contributed by atoms with Crippen molar-refractivity contribution in [2.24, 2.45) is 5.92 Å². The Morgan fingerprint density at radius 3 is 2.38 bits per heavy atom. The van der Waals surface area contributed by atoms with Crippen LogP contribution in [0.1, 0.15) is 18.4 Å². The molecule has 1 aromatic rings. The number of rotatable bonds is 5. The highest BCUT2D eigenvalue weighted by atomic mass is 32.1. The molecule has 1 aliphatic heterocycles. The van der Waals surface area contributed by atoms with E-state index in [4.69, 9.17) is 12.2 Å². The second kappa shape index (κ2) is 6.90. The van der Waals surface area contributed by atoms with Crippen molar-refractivity contribution in [3.63, 3.8) is 0 Å². The lowest BCUT2D eigenvalue weighted by Crippen LogP contribution is -2.55. The predicted molar refractivity (Wildman–Crippen MR) is 82.1 cm³/mol. The van der Waals surface area contributed by atoms with Gasteiger partial charge in [-0.1, -0.05) is 36.4 Å². The third kappa shape index (κ3) is 4.32. The van der Waals surface area contributed by atoms with Crippen LogP contribution in [0.4, 0.5) is 0 Å². The highest BCUT2D eigenvalue weighted by Gasteiger charge is 2.32. The quantitative estimate of drug-likeness (QED) is 0.487. The number of hydrogen-bond acceptors (Lipinski definition) is 4. The van der Waals surface area contributed by atoms with Crippen molar-refractivity contribution in [3.05, 3.63) is 42.0 Å². The van der Waals surface area contributed by atoms with Crippen molar-refractivity contribution < 1.29 is 14.4 Å². The summed E-state index contributed by atoms with van der Waals surface area (Å²) in [4.78, 5) is 35.0. The van der Waals surface area contributed by atoms with Crippen LogP contribution in [-0.2, 0) is 14.4 Å². The Morgan fingerprint density at radius 2 is 1.76 bits per heavy atom. The van der Waals surface area contributed by atoms with Crippen LogP contribution in [0, 0.1) is 5.92 Å². The van der Waals surface area contributed by atoms with E-state index < -0.39 is 17.7 Å². The molecule has 2 N–H and O–H groups in total. The fourth-order valence-corrected chi connectivity index (χ4v) is 2.13. The maximum absolute atomic E-state index is 11.8. The number of nitrogens with one attached hydrogen (secondary N) is 2. The molecule has 2 rings (SSSR count). The molecule has 1 saturated heterocycles. The summed E-state index contributed by atoms with van der Waals surface area (Å²) in [6.07, 6.45) is 3.46. The Hall–Kier alpha value is -2.34. The number of benzene rings is 1. The molecule has 0 bridgehead atoms. The SMILES string of the molecule is O=C(/C=C/c1ccccc1)CCC1C(=O)NC(=S)NC1=O. The number of ketones is 1. The molecule has 6 heteroatoms. The average Bonchev–Trinajstić information content (AvgIpc) is 2.45. The molecule has 2 amide bonds. The van der Waals surface area contributed by atoms with Gasteiger partial charge in [-0.05, 0) is 30.3 Å². The molecule has 0 atom stereocenters. The van der Waals surface area contributed by atoms with Crippen molar-refractivity contribution in [1.82, 2.24) is 10.6 Å². The molecule has 0 unspecified atom stereocenters. The van der Waals surface area contributed by atoms with Crippen LogP contribution in [-0.4, -0.2) is 22.7 Å². The van der Waals surface area contributed by atoms with Crippen LogP contribution >= 0.6 is 12.2 Å². The molecular formula is C15H14N2O3S. The lowest BCUT2D eigenvalue weighted by molar-refractivity contribution is -0.135. The fraction of sp³-hybridized carbons (Fsp3) is 0.200. The van der Waals surface area contributed by atoms with Crippen LogP contribution in [0.15, 0.2) is 36.4 Å². The number of carbonyl (C=O) groups excluding carboxylic acids is 3. The summed E-state index contributed by atoms with van der Waals surface area (Å²) < 4.78 is 0. The number of hydrogen-bond donors (Lipinski definition) is 2. The van der Waals surface area contributed by atoms with E-state index in [1.807, 2.05) is 30.3 Å². The minimum Gasteiger partial charge on any atom is -0.302 e. The number of carbonyl (C=O) groups is 3. The smallest absolute Gasteiger partial charge is 0.238 e. The lowest BCUT2D eigenvalue weighted by Gasteiger charge is -2.21. The molecular weight excluding hydrogens is 288 g/mol. The van der Waals surface area contributed by atoms with Crippen molar-refractivity contribution >= 4 is 41.0 Å².